The molecule has 0 unspecified atom stereocenters. The van der Waals surface area contributed by atoms with Crippen LogP contribution in [-0.2, 0) is 9.47 Å². The summed E-state index contributed by atoms with van der Waals surface area (Å²) < 4.78 is 11.9. The quantitative estimate of drug-likeness (QED) is 0.592. The van der Waals surface area contributed by atoms with Gasteiger partial charge in [-0.3, -0.25) is 9.36 Å². The average molecular weight is 168 g/mol. The van der Waals surface area contributed by atoms with Crippen molar-refractivity contribution in [3.8, 4) is 0 Å². The van der Waals surface area contributed by atoms with Crippen LogP contribution in [0.15, 0.2) is 12.5 Å². The molecule has 0 saturated carbocycles. The van der Waals surface area contributed by atoms with Crippen LogP contribution >= 0.6 is 0 Å². The molecule has 1 aliphatic rings. The van der Waals surface area contributed by atoms with Gasteiger partial charge in [-0.25, -0.2) is 4.98 Å². The van der Waals surface area contributed by atoms with E-state index in [2.05, 4.69) is 4.98 Å². The monoisotopic (exact) mass is 168 g/mol. The van der Waals surface area contributed by atoms with Crippen molar-refractivity contribution in [2.75, 3.05) is 13.2 Å². The van der Waals surface area contributed by atoms with Gasteiger partial charge in [-0.1, -0.05) is 0 Å². The van der Waals surface area contributed by atoms with Crippen molar-refractivity contribution in [3.05, 3.63) is 18.2 Å². The molecule has 1 aromatic rings. The van der Waals surface area contributed by atoms with Crippen molar-refractivity contribution < 1.29 is 14.3 Å². The summed E-state index contributed by atoms with van der Waals surface area (Å²) in [4.78, 5) is 14.3. The van der Waals surface area contributed by atoms with E-state index >= 15 is 0 Å². The molecule has 5 heteroatoms. The number of nitrogens with zero attached hydrogens (tertiary/aromatic N) is 2. The number of hydrogen-bond donors (Lipinski definition) is 0. The third-order valence-corrected chi connectivity index (χ3v) is 1.65. The number of ether oxygens (including phenoxy) is 2. The first-order valence-corrected chi connectivity index (χ1v) is 3.62. The van der Waals surface area contributed by atoms with Gasteiger partial charge in [-0.2, -0.15) is 0 Å². The van der Waals surface area contributed by atoms with Crippen LogP contribution < -0.4 is 0 Å². The maximum atomic E-state index is 10.5. The van der Waals surface area contributed by atoms with Gasteiger partial charge in [0, 0.05) is 0 Å². The highest BCUT2D eigenvalue weighted by atomic mass is 16.7. The summed E-state index contributed by atoms with van der Waals surface area (Å²) >= 11 is 0. The van der Waals surface area contributed by atoms with E-state index in [1.54, 1.807) is 4.57 Å². The molecule has 0 aromatic carbocycles. The number of carbonyl (C=O) groups is 1. The van der Waals surface area contributed by atoms with E-state index in [1.807, 2.05) is 0 Å². The number of imidazole rings is 1. The van der Waals surface area contributed by atoms with Crippen LogP contribution in [0.2, 0.25) is 0 Å². The summed E-state index contributed by atoms with van der Waals surface area (Å²) in [6, 6.07) is 0. The third-order valence-electron chi connectivity index (χ3n) is 1.65. The highest BCUT2D eigenvalue weighted by Gasteiger charge is 2.19. The minimum absolute atomic E-state index is 0.460. The standard InChI is InChI=1S/C7H8N2O3/c10-4-6-3-8-5-9(6)7-11-1-2-12-7/h3-5,7H,1-2H2. The lowest BCUT2D eigenvalue weighted by atomic mass is 10.5. The number of carbonyl (C=O) groups excluding carboxylic acids is 1. The fraction of sp³-hybridized carbons (Fsp3) is 0.429. The topological polar surface area (TPSA) is 53.4 Å². The fourth-order valence-corrected chi connectivity index (χ4v) is 1.09. The molecule has 12 heavy (non-hydrogen) atoms. The van der Waals surface area contributed by atoms with Gasteiger partial charge in [-0.15, -0.1) is 0 Å². The van der Waals surface area contributed by atoms with E-state index in [4.69, 9.17) is 9.47 Å². The smallest absolute Gasteiger partial charge is 0.245 e. The van der Waals surface area contributed by atoms with Gasteiger partial charge in [0.1, 0.15) is 5.69 Å². The van der Waals surface area contributed by atoms with Gasteiger partial charge in [0.15, 0.2) is 6.29 Å². The van der Waals surface area contributed by atoms with E-state index in [0.717, 1.165) is 6.29 Å². The van der Waals surface area contributed by atoms with Crippen molar-refractivity contribution in [1.82, 2.24) is 9.55 Å². The molecular formula is C7H8N2O3. The highest BCUT2D eigenvalue weighted by molar-refractivity contribution is 5.71. The van der Waals surface area contributed by atoms with Gasteiger partial charge in [-0.05, 0) is 0 Å². The van der Waals surface area contributed by atoms with Gasteiger partial charge in [0.2, 0.25) is 6.41 Å². The van der Waals surface area contributed by atoms with Crippen LogP contribution in [0, 0.1) is 0 Å². The zero-order valence-corrected chi connectivity index (χ0v) is 6.34. The Morgan fingerprint density at radius 3 is 3.00 bits per heavy atom. The largest absolute Gasteiger partial charge is 0.332 e. The van der Waals surface area contributed by atoms with E-state index < -0.39 is 6.41 Å². The second-order valence-corrected chi connectivity index (χ2v) is 2.39. The molecule has 5 nitrogen and oxygen atoms in total. The Morgan fingerprint density at radius 1 is 1.58 bits per heavy atom. The lowest BCUT2D eigenvalue weighted by Crippen LogP contribution is -2.10. The van der Waals surface area contributed by atoms with Gasteiger partial charge >= 0.3 is 0 Å². The number of aldehydes is 1. The van der Waals surface area contributed by atoms with E-state index in [9.17, 15) is 4.79 Å². The van der Waals surface area contributed by atoms with Crippen LogP contribution in [0.3, 0.4) is 0 Å². The molecule has 64 valence electrons. The Labute approximate surface area is 68.9 Å². The van der Waals surface area contributed by atoms with Crippen LogP contribution in [0.1, 0.15) is 16.9 Å². The molecule has 0 atom stereocenters. The molecule has 1 saturated heterocycles. The predicted octanol–water partition coefficient (Wildman–Crippen LogP) is 0.198. The predicted molar refractivity (Wildman–Crippen MR) is 38.6 cm³/mol. The Kier molecular flexibility index (Phi) is 1.89. The maximum absolute atomic E-state index is 10.5. The molecule has 0 bridgehead atoms. The zero-order chi connectivity index (χ0) is 8.39. The number of hydrogen-bond acceptors (Lipinski definition) is 4. The van der Waals surface area contributed by atoms with Crippen LogP contribution in [0.5, 0.6) is 0 Å². The van der Waals surface area contributed by atoms with Gasteiger partial charge < -0.3 is 9.47 Å². The van der Waals surface area contributed by atoms with Crippen molar-refractivity contribution in [2.24, 2.45) is 0 Å². The summed E-state index contributed by atoms with van der Waals surface area (Å²) in [6.45, 7) is 1.11. The van der Waals surface area contributed by atoms with E-state index in [-0.39, 0.29) is 0 Å². The van der Waals surface area contributed by atoms with Crippen LogP contribution in [0.4, 0.5) is 0 Å². The van der Waals surface area contributed by atoms with Crippen molar-refractivity contribution in [3.63, 3.8) is 0 Å². The summed E-state index contributed by atoms with van der Waals surface area (Å²) in [7, 11) is 0. The Balaban J connectivity index is 2.25. The number of rotatable bonds is 2. The summed E-state index contributed by atoms with van der Waals surface area (Å²) in [5.41, 5.74) is 0.460. The zero-order valence-electron chi connectivity index (χ0n) is 6.34. The SMILES string of the molecule is O=Cc1cncn1C1OCCO1. The van der Waals surface area contributed by atoms with E-state index in [1.165, 1.54) is 12.5 Å². The molecule has 2 heterocycles. The average Bonchev–Trinajstić information content (AvgIpc) is 2.74. The molecular weight excluding hydrogens is 160 g/mol. The summed E-state index contributed by atoms with van der Waals surface area (Å²) in [6.07, 6.45) is 3.23. The van der Waals surface area contributed by atoms with Crippen molar-refractivity contribution >= 4 is 6.29 Å². The van der Waals surface area contributed by atoms with Crippen LogP contribution in [0.25, 0.3) is 0 Å². The Hall–Kier alpha value is -1.20. The Bertz CT molecular complexity index is 278. The van der Waals surface area contributed by atoms with Gasteiger partial charge in [0.05, 0.1) is 25.7 Å². The minimum atomic E-state index is -0.479. The molecule has 0 radical (unpaired) electrons. The first-order valence-electron chi connectivity index (χ1n) is 3.62. The summed E-state index contributed by atoms with van der Waals surface area (Å²) in [5.74, 6) is 0. The lowest BCUT2D eigenvalue weighted by Gasteiger charge is -2.10. The Morgan fingerprint density at radius 2 is 2.33 bits per heavy atom. The van der Waals surface area contributed by atoms with Crippen molar-refractivity contribution in [2.45, 2.75) is 6.41 Å². The minimum Gasteiger partial charge on any atom is -0.332 e. The third kappa shape index (κ3) is 1.13. The molecule has 0 amide bonds. The molecule has 2 rings (SSSR count). The van der Waals surface area contributed by atoms with Gasteiger partial charge in [0.25, 0.3) is 0 Å². The normalized spacial score (nSPS) is 18.3. The second kappa shape index (κ2) is 3.04. The fourth-order valence-electron chi connectivity index (χ4n) is 1.09. The first kappa shape index (κ1) is 7.45. The molecule has 0 N–H and O–H groups in total. The second-order valence-electron chi connectivity index (χ2n) is 2.39. The molecule has 0 spiro atoms. The molecule has 0 aliphatic carbocycles. The highest BCUT2D eigenvalue weighted by Crippen LogP contribution is 2.16. The van der Waals surface area contributed by atoms with E-state index in [0.29, 0.717) is 18.9 Å². The molecule has 1 aromatic heterocycles. The molecule has 1 fully saturated rings. The summed E-state index contributed by atoms with van der Waals surface area (Å²) in [5, 5.41) is 0. The maximum Gasteiger partial charge on any atom is 0.245 e. The number of aromatic nitrogens is 2. The lowest BCUT2D eigenvalue weighted by molar-refractivity contribution is -0.102. The van der Waals surface area contributed by atoms with Crippen molar-refractivity contribution in [1.29, 1.82) is 0 Å². The van der Waals surface area contributed by atoms with Crippen LogP contribution in [-0.4, -0.2) is 29.1 Å². The first-order chi connectivity index (χ1) is 5.92. The molecule has 1 aliphatic heterocycles.